The highest BCUT2D eigenvalue weighted by Gasteiger charge is 2.41. The van der Waals surface area contributed by atoms with Gasteiger partial charge in [-0.25, -0.2) is 13.2 Å². The number of sulfone groups is 1. The standard InChI is InChI=1S/C16H22N2O4S/c1-2-23(20,21)13-7-5-12(6-8-13)17-16(19)18-14-9-10-22-15(14)11-3-4-11/h5-8,11,14-15H,2-4,9-10H2,1H3,(H2,17,18,19)/t14-,15+/m1/s1. The van der Waals surface area contributed by atoms with E-state index in [1.54, 1.807) is 19.1 Å². The van der Waals surface area contributed by atoms with Gasteiger partial charge in [0.2, 0.25) is 0 Å². The minimum Gasteiger partial charge on any atom is -0.376 e. The monoisotopic (exact) mass is 338 g/mol. The number of hydrogen-bond acceptors (Lipinski definition) is 4. The van der Waals surface area contributed by atoms with Crippen LogP contribution in [-0.2, 0) is 14.6 Å². The molecule has 23 heavy (non-hydrogen) atoms. The Kier molecular flexibility index (Phi) is 4.59. The molecule has 6 nitrogen and oxygen atoms in total. The summed E-state index contributed by atoms with van der Waals surface area (Å²) in [4.78, 5) is 12.4. The topological polar surface area (TPSA) is 84.5 Å². The molecule has 1 heterocycles. The van der Waals surface area contributed by atoms with Gasteiger partial charge in [0.05, 0.1) is 22.8 Å². The average Bonchev–Trinajstić information content (AvgIpc) is 3.28. The number of rotatable bonds is 5. The predicted molar refractivity (Wildman–Crippen MR) is 87.2 cm³/mol. The lowest BCUT2D eigenvalue weighted by molar-refractivity contribution is 0.0829. The third-order valence-electron chi connectivity index (χ3n) is 4.39. The maximum Gasteiger partial charge on any atom is 0.319 e. The molecule has 2 aliphatic rings. The minimum absolute atomic E-state index is 0.0576. The van der Waals surface area contributed by atoms with Crippen molar-refractivity contribution in [2.45, 2.75) is 43.2 Å². The second kappa shape index (κ2) is 6.49. The van der Waals surface area contributed by atoms with Crippen molar-refractivity contribution in [1.82, 2.24) is 5.32 Å². The maximum absolute atomic E-state index is 12.1. The Balaban J connectivity index is 1.57. The predicted octanol–water partition coefficient (Wildman–Crippen LogP) is 2.17. The van der Waals surface area contributed by atoms with Gasteiger partial charge in [0, 0.05) is 12.3 Å². The molecule has 1 aliphatic heterocycles. The number of amides is 2. The van der Waals surface area contributed by atoms with Crippen molar-refractivity contribution in [3.63, 3.8) is 0 Å². The molecule has 3 rings (SSSR count). The van der Waals surface area contributed by atoms with E-state index in [1.807, 2.05) is 0 Å². The fourth-order valence-electron chi connectivity index (χ4n) is 2.90. The van der Waals surface area contributed by atoms with Crippen molar-refractivity contribution in [2.24, 2.45) is 5.92 Å². The van der Waals surface area contributed by atoms with E-state index >= 15 is 0 Å². The first-order chi connectivity index (χ1) is 11.0. The molecular weight excluding hydrogens is 316 g/mol. The summed E-state index contributed by atoms with van der Waals surface area (Å²) in [5, 5.41) is 5.71. The highest BCUT2D eigenvalue weighted by atomic mass is 32.2. The Morgan fingerprint density at radius 3 is 2.52 bits per heavy atom. The Labute approximate surface area is 136 Å². The van der Waals surface area contributed by atoms with Crippen LogP contribution < -0.4 is 10.6 Å². The molecule has 2 fully saturated rings. The Hall–Kier alpha value is -1.60. The van der Waals surface area contributed by atoms with Crippen LogP contribution in [0.5, 0.6) is 0 Å². The lowest BCUT2D eigenvalue weighted by atomic mass is 10.1. The molecule has 0 aromatic heterocycles. The molecule has 0 unspecified atom stereocenters. The number of benzene rings is 1. The van der Waals surface area contributed by atoms with E-state index in [4.69, 9.17) is 4.74 Å². The molecule has 1 aromatic carbocycles. The van der Waals surface area contributed by atoms with Gasteiger partial charge in [0.15, 0.2) is 9.84 Å². The number of anilines is 1. The second-order valence-electron chi connectivity index (χ2n) is 6.09. The van der Waals surface area contributed by atoms with Crippen LogP contribution in [0.15, 0.2) is 29.2 Å². The van der Waals surface area contributed by atoms with Gasteiger partial charge in [-0.15, -0.1) is 0 Å². The molecule has 7 heteroatoms. The van der Waals surface area contributed by atoms with Crippen LogP contribution >= 0.6 is 0 Å². The SMILES string of the molecule is CCS(=O)(=O)c1ccc(NC(=O)N[C@@H]2CCO[C@H]2C2CC2)cc1. The van der Waals surface area contributed by atoms with E-state index in [1.165, 1.54) is 25.0 Å². The Bertz CT molecular complexity index is 668. The van der Waals surface area contributed by atoms with Gasteiger partial charge in [-0.2, -0.15) is 0 Å². The van der Waals surface area contributed by atoms with E-state index < -0.39 is 9.84 Å². The summed E-state index contributed by atoms with van der Waals surface area (Å²) in [6.45, 7) is 2.30. The molecule has 1 saturated heterocycles. The summed E-state index contributed by atoms with van der Waals surface area (Å²) in [7, 11) is -3.22. The zero-order valence-electron chi connectivity index (χ0n) is 13.1. The first kappa shape index (κ1) is 16.3. The molecule has 2 amide bonds. The molecule has 0 bridgehead atoms. The maximum atomic E-state index is 12.1. The van der Waals surface area contributed by atoms with Crippen molar-refractivity contribution in [3.8, 4) is 0 Å². The van der Waals surface area contributed by atoms with Gasteiger partial charge in [-0.1, -0.05) is 6.92 Å². The van der Waals surface area contributed by atoms with Crippen LogP contribution in [0.3, 0.4) is 0 Å². The van der Waals surface area contributed by atoms with Crippen LogP contribution in [0.4, 0.5) is 10.5 Å². The molecule has 1 aromatic rings. The minimum atomic E-state index is -3.22. The summed E-state index contributed by atoms with van der Waals surface area (Å²) < 4.78 is 29.2. The molecule has 2 atom stereocenters. The van der Waals surface area contributed by atoms with E-state index in [9.17, 15) is 13.2 Å². The highest BCUT2D eigenvalue weighted by Crippen LogP contribution is 2.38. The highest BCUT2D eigenvalue weighted by molar-refractivity contribution is 7.91. The second-order valence-corrected chi connectivity index (χ2v) is 8.37. The van der Waals surface area contributed by atoms with Gasteiger partial charge >= 0.3 is 6.03 Å². The van der Waals surface area contributed by atoms with Crippen molar-refractivity contribution in [2.75, 3.05) is 17.7 Å². The molecule has 2 N–H and O–H groups in total. The number of carbonyl (C=O) groups excluding carboxylic acids is 1. The summed E-state index contributed by atoms with van der Waals surface area (Å²) in [6, 6.07) is 6.01. The van der Waals surface area contributed by atoms with E-state index in [2.05, 4.69) is 10.6 Å². The largest absolute Gasteiger partial charge is 0.376 e. The summed E-state index contributed by atoms with van der Waals surface area (Å²) >= 11 is 0. The smallest absolute Gasteiger partial charge is 0.319 e. The lowest BCUT2D eigenvalue weighted by Gasteiger charge is -2.19. The number of hydrogen-bond donors (Lipinski definition) is 2. The number of ether oxygens (including phenoxy) is 1. The van der Waals surface area contributed by atoms with Crippen molar-refractivity contribution in [3.05, 3.63) is 24.3 Å². The van der Waals surface area contributed by atoms with Crippen molar-refractivity contribution >= 4 is 21.6 Å². The quantitative estimate of drug-likeness (QED) is 0.862. The zero-order chi connectivity index (χ0) is 16.4. The van der Waals surface area contributed by atoms with Gasteiger partial charge in [0.1, 0.15) is 0 Å². The van der Waals surface area contributed by atoms with Crippen LogP contribution in [-0.4, -0.2) is 39.0 Å². The van der Waals surface area contributed by atoms with Crippen LogP contribution in [0.2, 0.25) is 0 Å². The number of nitrogens with one attached hydrogen (secondary N) is 2. The molecule has 126 valence electrons. The lowest BCUT2D eigenvalue weighted by Crippen LogP contribution is -2.43. The number of carbonyl (C=O) groups is 1. The summed E-state index contributed by atoms with van der Waals surface area (Å²) in [5.74, 6) is 0.645. The van der Waals surface area contributed by atoms with Crippen molar-refractivity contribution in [1.29, 1.82) is 0 Å². The third-order valence-corrected chi connectivity index (χ3v) is 6.14. The van der Waals surface area contributed by atoms with E-state index in [0.29, 0.717) is 18.2 Å². The normalized spacial score (nSPS) is 24.4. The molecular formula is C16H22N2O4S. The fourth-order valence-corrected chi connectivity index (χ4v) is 3.79. The van der Waals surface area contributed by atoms with Gasteiger partial charge in [-0.05, 0) is 49.4 Å². The first-order valence-corrected chi connectivity index (χ1v) is 9.67. The van der Waals surface area contributed by atoms with Crippen LogP contribution in [0, 0.1) is 5.92 Å². The third kappa shape index (κ3) is 3.84. The van der Waals surface area contributed by atoms with E-state index in [-0.39, 0.29) is 28.8 Å². The Morgan fingerprint density at radius 2 is 1.91 bits per heavy atom. The molecule has 1 aliphatic carbocycles. The van der Waals surface area contributed by atoms with Gasteiger partial charge in [0.25, 0.3) is 0 Å². The molecule has 1 saturated carbocycles. The molecule has 0 radical (unpaired) electrons. The summed E-state index contributed by atoms with van der Waals surface area (Å²) in [6.07, 6.45) is 3.33. The molecule has 0 spiro atoms. The summed E-state index contributed by atoms with van der Waals surface area (Å²) in [5.41, 5.74) is 0.569. The van der Waals surface area contributed by atoms with Gasteiger partial charge in [-0.3, -0.25) is 0 Å². The van der Waals surface area contributed by atoms with Gasteiger partial charge < -0.3 is 15.4 Å². The van der Waals surface area contributed by atoms with Crippen molar-refractivity contribution < 1.29 is 17.9 Å². The fraction of sp³-hybridized carbons (Fsp3) is 0.562. The average molecular weight is 338 g/mol. The van der Waals surface area contributed by atoms with Crippen LogP contribution in [0.1, 0.15) is 26.2 Å². The number of urea groups is 1. The Morgan fingerprint density at radius 1 is 1.22 bits per heavy atom. The zero-order valence-corrected chi connectivity index (χ0v) is 13.9. The first-order valence-electron chi connectivity index (χ1n) is 8.01. The van der Waals surface area contributed by atoms with E-state index in [0.717, 1.165) is 6.42 Å². The van der Waals surface area contributed by atoms with Crippen LogP contribution in [0.25, 0.3) is 0 Å².